The Labute approximate surface area is 92.5 Å². The molecule has 1 atom stereocenters. The molecular formula is C11H16FNOS. The molecule has 15 heavy (non-hydrogen) atoms. The maximum absolute atomic E-state index is 13.3. The molecule has 0 fully saturated rings. The van der Waals surface area contributed by atoms with Crippen LogP contribution in [-0.4, -0.2) is 10.5 Å². The van der Waals surface area contributed by atoms with Gasteiger partial charge < -0.3 is 4.72 Å². The average Bonchev–Trinajstić information content (AvgIpc) is 2.09. The van der Waals surface area contributed by atoms with Crippen LogP contribution in [0.2, 0.25) is 0 Å². The van der Waals surface area contributed by atoms with Crippen molar-refractivity contribution in [2.75, 3.05) is 11.0 Å². The Kier molecular flexibility index (Phi) is 4.27. The van der Waals surface area contributed by atoms with Crippen molar-refractivity contribution in [3.05, 3.63) is 29.6 Å². The van der Waals surface area contributed by atoms with Gasteiger partial charge in [0.2, 0.25) is 0 Å². The first-order chi connectivity index (χ1) is 6.99. The van der Waals surface area contributed by atoms with E-state index in [2.05, 4.69) is 18.6 Å². The van der Waals surface area contributed by atoms with Crippen molar-refractivity contribution in [3.8, 4) is 0 Å². The van der Waals surface area contributed by atoms with Crippen molar-refractivity contribution < 1.29 is 8.60 Å². The number of anilines is 1. The minimum atomic E-state index is -1.24. The molecule has 1 rings (SSSR count). The van der Waals surface area contributed by atoms with E-state index >= 15 is 0 Å². The zero-order valence-corrected chi connectivity index (χ0v) is 10.0. The summed E-state index contributed by atoms with van der Waals surface area (Å²) in [7, 11) is -1.24. The van der Waals surface area contributed by atoms with Crippen molar-refractivity contribution in [3.63, 3.8) is 0 Å². The molecule has 0 saturated carbocycles. The summed E-state index contributed by atoms with van der Waals surface area (Å²) in [6.45, 7) is 4.21. The lowest BCUT2D eigenvalue weighted by Crippen LogP contribution is -2.04. The normalized spacial score (nSPS) is 12.9. The van der Waals surface area contributed by atoms with Crippen molar-refractivity contribution in [1.29, 1.82) is 0 Å². The van der Waals surface area contributed by atoms with Gasteiger partial charge in [-0.25, -0.2) is 8.60 Å². The van der Waals surface area contributed by atoms with Crippen molar-refractivity contribution >= 4 is 16.7 Å². The molecule has 84 valence electrons. The van der Waals surface area contributed by atoms with Gasteiger partial charge in [0.05, 0.1) is 5.69 Å². The van der Waals surface area contributed by atoms with Gasteiger partial charge in [-0.05, 0) is 30.0 Å². The molecule has 4 heteroatoms. The molecule has 0 radical (unpaired) electrons. The second-order valence-corrected chi connectivity index (χ2v) is 5.08. The first kappa shape index (κ1) is 12.2. The van der Waals surface area contributed by atoms with E-state index in [0.29, 0.717) is 11.6 Å². The molecule has 0 heterocycles. The molecule has 0 aliphatic carbocycles. The molecule has 2 nitrogen and oxygen atoms in total. The zero-order valence-electron chi connectivity index (χ0n) is 9.21. The van der Waals surface area contributed by atoms with E-state index in [-0.39, 0.29) is 5.82 Å². The van der Waals surface area contributed by atoms with Gasteiger partial charge in [-0.2, -0.15) is 0 Å². The lowest BCUT2D eigenvalue weighted by Gasteiger charge is -2.09. The third-order valence-electron chi connectivity index (χ3n) is 1.93. The number of nitrogens with one attached hydrogen (secondary N) is 1. The Balaban J connectivity index is 2.89. The van der Waals surface area contributed by atoms with Gasteiger partial charge in [0.15, 0.2) is 0 Å². The maximum atomic E-state index is 13.3. The van der Waals surface area contributed by atoms with E-state index in [1.165, 1.54) is 12.3 Å². The fraction of sp³-hybridized carbons (Fsp3) is 0.455. The first-order valence-corrected chi connectivity index (χ1v) is 6.43. The second kappa shape index (κ2) is 5.26. The Morgan fingerprint density at radius 1 is 1.47 bits per heavy atom. The Hall–Kier alpha value is -0.900. The van der Waals surface area contributed by atoms with E-state index < -0.39 is 11.0 Å². The van der Waals surface area contributed by atoms with Gasteiger partial charge in [-0.3, -0.25) is 0 Å². The van der Waals surface area contributed by atoms with Crippen molar-refractivity contribution in [1.82, 2.24) is 0 Å². The van der Waals surface area contributed by atoms with Crippen LogP contribution in [0.3, 0.4) is 0 Å². The number of hydrogen-bond acceptors (Lipinski definition) is 1. The highest BCUT2D eigenvalue weighted by molar-refractivity contribution is 7.85. The summed E-state index contributed by atoms with van der Waals surface area (Å²) in [5.74, 6) is 0.160. The maximum Gasteiger partial charge on any atom is 0.147 e. The number of hydrogen-bond donors (Lipinski definition) is 1. The van der Waals surface area contributed by atoms with Gasteiger partial charge in [-0.1, -0.05) is 19.9 Å². The molecule has 0 bridgehead atoms. The minimum absolute atomic E-state index is 0.314. The van der Waals surface area contributed by atoms with E-state index in [1.807, 2.05) is 0 Å². The van der Waals surface area contributed by atoms with Crippen LogP contribution in [0.25, 0.3) is 0 Å². The summed E-state index contributed by atoms with van der Waals surface area (Å²) in [6.07, 6.45) is 2.37. The Bertz CT molecular complexity index is 366. The molecular weight excluding hydrogens is 213 g/mol. The Morgan fingerprint density at radius 3 is 2.67 bits per heavy atom. The first-order valence-electron chi connectivity index (χ1n) is 4.87. The minimum Gasteiger partial charge on any atom is -0.303 e. The molecule has 0 spiro atoms. The highest BCUT2D eigenvalue weighted by Gasteiger charge is 2.05. The van der Waals surface area contributed by atoms with Crippen LogP contribution < -0.4 is 4.72 Å². The highest BCUT2D eigenvalue weighted by Crippen LogP contribution is 2.18. The van der Waals surface area contributed by atoms with Crippen LogP contribution in [0.5, 0.6) is 0 Å². The molecule has 0 amide bonds. The van der Waals surface area contributed by atoms with E-state index in [4.69, 9.17) is 0 Å². The topological polar surface area (TPSA) is 29.1 Å². The van der Waals surface area contributed by atoms with Crippen LogP contribution in [0.1, 0.15) is 19.4 Å². The summed E-state index contributed by atoms with van der Waals surface area (Å²) in [5.41, 5.74) is 1.37. The van der Waals surface area contributed by atoms with Gasteiger partial charge in [0.1, 0.15) is 16.8 Å². The third-order valence-corrected chi connectivity index (χ3v) is 2.44. The molecule has 1 N–H and O–H groups in total. The predicted molar refractivity (Wildman–Crippen MR) is 62.6 cm³/mol. The molecule has 0 aromatic heterocycles. The van der Waals surface area contributed by atoms with Crippen molar-refractivity contribution in [2.45, 2.75) is 20.3 Å². The van der Waals surface area contributed by atoms with Gasteiger partial charge in [0.25, 0.3) is 0 Å². The summed E-state index contributed by atoms with van der Waals surface area (Å²) in [6, 6.07) is 4.89. The average molecular weight is 229 g/mol. The summed E-state index contributed by atoms with van der Waals surface area (Å²) < 4.78 is 26.8. The molecule has 1 unspecified atom stereocenters. The van der Waals surface area contributed by atoms with E-state index in [0.717, 1.165) is 12.0 Å². The highest BCUT2D eigenvalue weighted by atomic mass is 32.2. The predicted octanol–water partition coefficient (Wildman–Crippen LogP) is 2.73. The van der Waals surface area contributed by atoms with Crippen LogP contribution in [-0.2, 0) is 17.4 Å². The molecule has 0 aliphatic rings. The van der Waals surface area contributed by atoms with Gasteiger partial charge >= 0.3 is 0 Å². The van der Waals surface area contributed by atoms with Crippen molar-refractivity contribution in [2.24, 2.45) is 5.92 Å². The van der Waals surface area contributed by atoms with Crippen LogP contribution in [0.4, 0.5) is 10.1 Å². The lowest BCUT2D eigenvalue weighted by molar-refractivity contribution is 0.624. The monoisotopic (exact) mass is 229 g/mol. The molecule has 0 saturated heterocycles. The summed E-state index contributed by atoms with van der Waals surface area (Å²) in [4.78, 5) is 0. The number of benzene rings is 1. The summed E-state index contributed by atoms with van der Waals surface area (Å²) >= 11 is 0. The van der Waals surface area contributed by atoms with Crippen LogP contribution in [0, 0.1) is 11.7 Å². The SMILES string of the molecule is CC(C)Cc1ccc(F)c(NS(C)=O)c1. The Morgan fingerprint density at radius 2 is 2.13 bits per heavy atom. The van der Waals surface area contributed by atoms with Crippen LogP contribution >= 0.6 is 0 Å². The molecule has 1 aromatic rings. The summed E-state index contributed by atoms with van der Waals surface area (Å²) in [5, 5.41) is 0. The fourth-order valence-corrected chi connectivity index (χ4v) is 1.87. The second-order valence-electron chi connectivity index (χ2n) is 3.97. The quantitative estimate of drug-likeness (QED) is 0.845. The molecule has 0 aliphatic heterocycles. The fourth-order valence-electron chi connectivity index (χ4n) is 1.40. The molecule has 1 aromatic carbocycles. The number of rotatable bonds is 4. The smallest absolute Gasteiger partial charge is 0.147 e. The zero-order chi connectivity index (χ0) is 11.4. The number of halogens is 1. The lowest BCUT2D eigenvalue weighted by atomic mass is 10.0. The van der Waals surface area contributed by atoms with Gasteiger partial charge in [0, 0.05) is 6.26 Å². The van der Waals surface area contributed by atoms with Gasteiger partial charge in [-0.15, -0.1) is 0 Å². The third kappa shape index (κ3) is 4.00. The van der Waals surface area contributed by atoms with E-state index in [1.54, 1.807) is 12.1 Å². The largest absolute Gasteiger partial charge is 0.303 e. The van der Waals surface area contributed by atoms with Crippen LogP contribution in [0.15, 0.2) is 18.2 Å². The van der Waals surface area contributed by atoms with E-state index in [9.17, 15) is 8.60 Å². The standard InChI is InChI=1S/C11H16FNOS/c1-8(2)6-9-4-5-10(12)11(7-9)13-15(3)14/h4-5,7-8,13H,6H2,1-3H3.